The van der Waals surface area contributed by atoms with Crippen molar-refractivity contribution in [3.8, 4) is 5.69 Å². The minimum atomic E-state index is -0.290. The standard InChI is InChI=1S/C21H19Cl2N3O/c1-13-4-9-19(11-20(13)23)26-14(2)10-17(15(26)3)12-24-25-21(27)16-5-7-18(22)8-6-16/h4-12H,1-3H3,(H,25,27)/b24-12-. The third-order valence-corrected chi connectivity index (χ3v) is 5.02. The number of hydrogen-bond donors (Lipinski definition) is 1. The number of carbonyl (C=O) groups is 1. The van der Waals surface area contributed by atoms with E-state index in [0.717, 1.165) is 33.2 Å². The van der Waals surface area contributed by atoms with Crippen LogP contribution in [0.15, 0.2) is 53.6 Å². The summed E-state index contributed by atoms with van der Waals surface area (Å²) in [6.45, 7) is 6.00. The number of rotatable bonds is 4. The fourth-order valence-electron chi connectivity index (χ4n) is 2.86. The Kier molecular flexibility index (Phi) is 5.68. The van der Waals surface area contributed by atoms with Gasteiger partial charge < -0.3 is 4.57 Å². The molecule has 0 bridgehead atoms. The molecule has 0 atom stereocenters. The fourth-order valence-corrected chi connectivity index (χ4v) is 3.16. The van der Waals surface area contributed by atoms with Crippen molar-refractivity contribution in [2.24, 2.45) is 5.10 Å². The number of carbonyl (C=O) groups excluding carboxylic acids is 1. The predicted octanol–water partition coefficient (Wildman–Crippen LogP) is 5.47. The van der Waals surface area contributed by atoms with Crippen LogP contribution >= 0.6 is 23.2 Å². The van der Waals surface area contributed by atoms with Crippen LogP contribution in [0.3, 0.4) is 0 Å². The summed E-state index contributed by atoms with van der Waals surface area (Å²) >= 11 is 12.1. The number of hydrazone groups is 1. The lowest BCUT2D eigenvalue weighted by Gasteiger charge is -2.11. The van der Waals surface area contributed by atoms with Gasteiger partial charge in [-0.3, -0.25) is 4.79 Å². The van der Waals surface area contributed by atoms with Gasteiger partial charge in [-0.05, 0) is 68.8 Å². The summed E-state index contributed by atoms with van der Waals surface area (Å²) in [6, 6.07) is 14.6. The molecule has 6 heteroatoms. The van der Waals surface area contributed by atoms with E-state index in [4.69, 9.17) is 23.2 Å². The first-order chi connectivity index (χ1) is 12.9. The molecule has 0 unspecified atom stereocenters. The number of nitrogens with zero attached hydrogens (tertiary/aromatic N) is 2. The number of nitrogens with one attached hydrogen (secondary N) is 1. The highest BCUT2D eigenvalue weighted by Gasteiger charge is 2.11. The van der Waals surface area contributed by atoms with Gasteiger partial charge in [0, 0.05) is 38.2 Å². The summed E-state index contributed by atoms with van der Waals surface area (Å²) in [5.41, 5.74) is 8.04. The number of aryl methyl sites for hydroxylation is 2. The molecule has 0 fully saturated rings. The van der Waals surface area contributed by atoms with Crippen molar-refractivity contribution in [1.82, 2.24) is 9.99 Å². The Labute approximate surface area is 168 Å². The van der Waals surface area contributed by atoms with E-state index in [1.165, 1.54) is 0 Å². The van der Waals surface area contributed by atoms with Gasteiger partial charge in [-0.25, -0.2) is 5.43 Å². The number of amides is 1. The van der Waals surface area contributed by atoms with Gasteiger partial charge in [0.15, 0.2) is 0 Å². The van der Waals surface area contributed by atoms with E-state index in [1.54, 1.807) is 30.5 Å². The van der Waals surface area contributed by atoms with Crippen molar-refractivity contribution in [3.63, 3.8) is 0 Å². The quantitative estimate of drug-likeness (QED) is 0.458. The molecule has 0 aliphatic heterocycles. The van der Waals surface area contributed by atoms with E-state index in [0.29, 0.717) is 10.6 Å². The second-order valence-electron chi connectivity index (χ2n) is 6.30. The van der Waals surface area contributed by atoms with Gasteiger partial charge in [0.25, 0.3) is 5.91 Å². The van der Waals surface area contributed by atoms with Crippen molar-refractivity contribution < 1.29 is 4.79 Å². The lowest BCUT2D eigenvalue weighted by Crippen LogP contribution is -2.17. The molecule has 0 saturated carbocycles. The van der Waals surface area contributed by atoms with Crippen molar-refractivity contribution in [1.29, 1.82) is 0 Å². The van der Waals surface area contributed by atoms with Crippen LogP contribution in [0.25, 0.3) is 5.69 Å². The maximum absolute atomic E-state index is 12.1. The van der Waals surface area contributed by atoms with Gasteiger partial charge >= 0.3 is 0 Å². The molecule has 27 heavy (non-hydrogen) atoms. The van der Waals surface area contributed by atoms with Gasteiger partial charge in [-0.15, -0.1) is 0 Å². The molecule has 0 spiro atoms. The Morgan fingerprint density at radius 3 is 2.41 bits per heavy atom. The van der Waals surface area contributed by atoms with Crippen molar-refractivity contribution in [2.75, 3.05) is 0 Å². The highest BCUT2D eigenvalue weighted by Crippen LogP contribution is 2.24. The zero-order valence-electron chi connectivity index (χ0n) is 15.3. The average Bonchev–Trinajstić information content (AvgIpc) is 2.92. The minimum Gasteiger partial charge on any atom is -0.318 e. The van der Waals surface area contributed by atoms with Gasteiger partial charge in [0.05, 0.1) is 6.21 Å². The Balaban J connectivity index is 1.79. The second kappa shape index (κ2) is 7.99. The average molecular weight is 400 g/mol. The predicted molar refractivity (Wildman–Crippen MR) is 112 cm³/mol. The van der Waals surface area contributed by atoms with Crippen LogP contribution in [0, 0.1) is 20.8 Å². The van der Waals surface area contributed by atoms with E-state index in [2.05, 4.69) is 15.1 Å². The third kappa shape index (κ3) is 4.24. The maximum atomic E-state index is 12.1. The Bertz CT molecular complexity index is 1020. The van der Waals surface area contributed by atoms with Gasteiger partial charge in [0.2, 0.25) is 0 Å². The molecule has 0 aliphatic carbocycles. The van der Waals surface area contributed by atoms with Crippen LogP contribution in [-0.2, 0) is 0 Å². The lowest BCUT2D eigenvalue weighted by molar-refractivity contribution is 0.0955. The molecule has 3 aromatic rings. The van der Waals surface area contributed by atoms with Crippen LogP contribution in [0.2, 0.25) is 10.0 Å². The summed E-state index contributed by atoms with van der Waals surface area (Å²) in [7, 11) is 0. The van der Waals surface area contributed by atoms with E-state index in [-0.39, 0.29) is 5.91 Å². The largest absolute Gasteiger partial charge is 0.318 e. The fraction of sp³-hybridized carbons (Fsp3) is 0.143. The van der Waals surface area contributed by atoms with E-state index in [1.807, 2.05) is 45.0 Å². The highest BCUT2D eigenvalue weighted by atomic mass is 35.5. The normalized spacial score (nSPS) is 11.1. The zero-order chi connectivity index (χ0) is 19.6. The Morgan fingerprint density at radius 1 is 1.04 bits per heavy atom. The number of hydrogen-bond acceptors (Lipinski definition) is 2. The SMILES string of the molecule is Cc1ccc(-n2c(C)cc(/C=N\NC(=O)c3ccc(Cl)cc3)c2C)cc1Cl. The molecule has 2 aromatic carbocycles. The molecular weight excluding hydrogens is 381 g/mol. The van der Waals surface area contributed by atoms with Crippen molar-refractivity contribution >= 4 is 35.3 Å². The number of aromatic nitrogens is 1. The number of halogens is 2. The summed E-state index contributed by atoms with van der Waals surface area (Å²) in [5.74, 6) is -0.290. The first-order valence-electron chi connectivity index (χ1n) is 8.41. The highest BCUT2D eigenvalue weighted by molar-refractivity contribution is 6.31. The molecule has 1 amide bonds. The summed E-state index contributed by atoms with van der Waals surface area (Å²) in [6.07, 6.45) is 1.64. The molecule has 0 aliphatic rings. The second-order valence-corrected chi connectivity index (χ2v) is 7.15. The monoisotopic (exact) mass is 399 g/mol. The smallest absolute Gasteiger partial charge is 0.271 e. The topological polar surface area (TPSA) is 46.4 Å². The Morgan fingerprint density at radius 2 is 1.74 bits per heavy atom. The van der Waals surface area contributed by atoms with Crippen LogP contribution in [0.5, 0.6) is 0 Å². The van der Waals surface area contributed by atoms with E-state index < -0.39 is 0 Å². The molecule has 1 heterocycles. The van der Waals surface area contributed by atoms with Crippen LogP contribution in [0.4, 0.5) is 0 Å². The molecule has 0 saturated heterocycles. The van der Waals surface area contributed by atoms with E-state index >= 15 is 0 Å². The first kappa shape index (κ1) is 19.2. The summed E-state index contributed by atoms with van der Waals surface area (Å²) in [4.78, 5) is 12.1. The molecular formula is C21H19Cl2N3O. The zero-order valence-corrected chi connectivity index (χ0v) is 16.8. The molecule has 138 valence electrons. The van der Waals surface area contributed by atoms with Gasteiger partial charge in [-0.2, -0.15) is 5.10 Å². The van der Waals surface area contributed by atoms with Gasteiger partial charge in [0.1, 0.15) is 0 Å². The van der Waals surface area contributed by atoms with Crippen LogP contribution in [-0.4, -0.2) is 16.7 Å². The first-order valence-corrected chi connectivity index (χ1v) is 9.17. The molecule has 1 aromatic heterocycles. The van der Waals surface area contributed by atoms with Crippen molar-refractivity contribution in [2.45, 2.75) is 20.8 Å². The van der Waals surface area contributed by atoms with Gasteiger partial charge in [-0.1, -0.05) is 29.3 Å². The molecule has 0 radical (unpaired) electrons. The van der Waals surface area contributed by atoms with Crippen LogP contribution < -0.4 is 5.43 Å². The maximum Gasteiger partial charge on any atom is 0.271 e. The summed E-state index contributed by atoms with van der Waals surface area (Å²) < 4.78 is 2.10. The summed E-state index contributed by atoms with van der Waals surface area (Å²) in [5, 5.41) is 5.39. The molecule has 1 N–H and O–H groups in total. The minimum absolute atomic E-state index is 0.290. The number of benzene rings is 2. The Hall–Kier alpha value is -2.56. The molecule has 4 nitrogen and oxygen atoms in total. The van der Waals surface area contributed by atoms with Crippen LogP contribution in [0.1, 0.15) is 32.9 Å². The molecule has 3 rings (SSSR count). The van der Waals surface area contributed by atoms with E-state index in [9.17, 15) is 4.79 Å². The van der Waals surface area contributed by atoms with Crippen molar-refractivity contribution in [3.05, 3.63) is 86.7 Å². The lowest BCUT2D eigenvalue weighted by atomic mass is 10.2. The third-order valence-electron chi connectivity index (χ3n) is 4.36.